The molecule has 1 spiro atoms. The molecular formula is C26H34N2O2S. The highest BCUT2D eigenvalue weighted by Gasteiger charge is 2.44. The number of nitrogens with zero attached hydrogens (tertiary/aromatic N) is 2. The molecule has 166 valence electrons. The number of hydrogen-bond donors (Lipinski definition) is 0. The zero-order chi connectivity index (χ0) is 21.6. The summed E-state index contributed by atoms with van der Waals surface area (Å²) in [5.41, 5.74) is 4.47. The van der Waals surface area contributed by atoms with Gasteiger partial charge >= 0.3 is 0 Å². The Labute approximate surface area is 189 Å². The molecule has 4 nitrogen and oxygen atoms in total. The molecule has 5 rings (SSSR count). The molecule has 1 saturated heterocycles. The van der Waals surface area contributed by atoms with Gasteiger partial charge in [-0.1, -0.05) is 62.2 Å². The third kappa shape index (κ3) is 3.68. The van der Waals surface area contributed by atoms with E-state index in [0.29, 0.717) is 6.61 Å². The van der Waals surface area contributed by atoms with Gasteiger partial charge < -0.3 is 4.74 Å². The van der Waals surface area contributed by atoms with E-state index in [-0.39, 0.29) is 22.6 Å². The van der Waals surface area contributed by atoms with Gasteiger partial charge in [0.1, 0.15) is 0 Å². The lowest BCUT2D eigenvalue weighted by atomic mass is 9.62. The molecule has 1 aromatic carbocycles. The maximum atomic E-state index is 14.4. The molecule has 0 radical (unpaired) electrons. The quantitative estimate of drug-likeness (QED) is 0.441. The van der Waals surface area contributed by atoms with Gasteiger partial charge in [-0.05, 0) is 57.3 Å². The minimum atomic E-state index is -0.207. The summed E-state index contributed by atoms with van der Waals surface area (Å²) < 4.78 is 8.05. The molecule has 2 aromatic rings. The fourth-order valence-electron chi connectivity index (χ4n) is 6.17. The highest BCUT2D eigenvalue weighted by molar-refractivity contribution is 7.99. The van der Waals surface area contributed by atoms with Crippen molar-refractivity contribution >= 4 is 11.8 Å². The number of ether oxygens (including phenoxy) is 1. The van der Waals surface area contributed by atoms with Gasteiger partial charge in [0.05, 0.1) is 16.9 Å². The number of aromatic nitrogens is 2. The summed E-state index contributed by atoms with van der Waals surface area (Å²) in [7, 11) is 0. The lowest BCUT2D eigenvalue weighted by Gasteiger charge is -2.43. The summed E-state index contributed by atoms with van der Waals surface area (Å²) in [4.78, 5) is 19.6. The van der Waals surface area contributed by atoms with Gasteiger partial charge in [0, 0.05) is 23.6 Å². The second kappa shape index (κ2) is 8.08. The molecule has 0 bridgehead atoms. The summed E-state index contributed by atoms with van der Waals surface area (Å²) in [6.07, 6.45) is 8.60. The van der Waals surface area contributed by atoms with E-state index in [1.807, 2.05) is 0 Å². The molecule has 1 aromatic heterocycles. The van der Waals surface area contributed by atoms with E-state index in [2.05, 4.69) is 49.6 Å². The molecule has 0 N–H and O–H groups in total. The molecule has 31 heavy (non-hydrogen) atoms. The summed E-state index contributed by atoms with van der Waals surface area (Å²) in [5.74, 6) is 0.907. The van der Waals surface area contributed by atoms with Gasteiger partial charge in [-0.25, -0.2) is 4.98 Å². The molecule has 2 aliphatic carbocycles. The zero-order valence-corrected chi connectivity index (χ0v) is 19.9. The van der Waals surface area contributed by atoms with Crippen LogP contribution in [0.25, 0.3) is 11.3 Å². The first kappa shape index (κ1) is 21.3. The van der Waals surface area contributed by atoms with Crippen LogP contribution in [0.5, 0.6) is 0 Å². The topological polar surface area (TPSA) is 44.1 Å². The lowest BCUT2D eigenvalue weighted by molar-refractivity contribution is -0.0710. The van der Waals surface area contributed by atoms with Crippen LogP contribution in [0.2, 0.25) is 0 Å². The highest BCUT2D eigenvalue weighted by Crippen LogP contribution is 2.49. The Balaban J connectivity index is 1.75. The number of hydrogen-bond acceptors (Lipinski definition) is 4. The van der Waals surface area contributed by atoms with E-state index in [1.54, 1.807) is 11.8 Å². The monoisotopic (exact) mass is 438 g/mol. The first-order valence-corrected chi connectivity index (χ1v) is 12.9. The van der Waals surface area contributed by atoms with Gasteiger partial charge in [-0.3, -0.25) is 9.36 Å². The Kier molecular flexibility index (Phi) is 5.54. The number of rotatable bonds is 3. The Hall–Kier alpha value is -1.59. The summed E-state index contributed by atoms with van der Waals surface area (Å²) >= 11 is 1.70. The van der Waals surface area contributed by atoms with E-state index in [1.165, 1.54) is 30.4 Å². The molecule has 0 amide bonds. The molecule has 5 heteroatoms. The molecule has 3 aliphatic rings. The maximum Gasteiger partial charge on any atom is 0.258 e. The SMILES string of the molecule is CCSc1nc2c(c(=O)n1[C@@H]1CCOC(C)(C)C1)C1(CCCCC1)Cc1ccccc1-2. The van der Waals surface area contributed by atoms with Crippen LogP contribution in [-0.2, 0) is 16.6 Å². The van der Waals surface area contributed by atoms with Crippen molar-refractivity contribution in [2.75, 3.05) is 12.4 Å². The standard InChI is InChI=1S/C26H34N2O2S/c1-4-31-24-27-22-20-11-7-6-10-18(20)16-26(13-8-5-9-14-26)21(22)23(29)28(24)19-12-15-30-25(2,3)17-19/h6-7,10-11,19H,4-5,8-9,12-17H2,1-3H3/t19-/m1/s1. The lowest BCUT2D eigenvalue weighted by Crippen LogP contribution is -2.45. The van der Waals surface area contributed by atoms with Crippen LogP contribution in [-0.4, -0.2) is 27.5 Å². The van der Waals surface area contributed by atoms with E-state index in [0.717, 1.165) is 54.3 Å². The number of fused-ring (bicyclic) bond motifs is 4. The Morgan fingerprint density at radius 1 is 1.19 bits per heavy atom. The molecule has 2 heterocycles. The predicted molar refractivity (Wildman–Crippen MR) is 127 cm³/mol. The van der Waals surface area contributed by atoms with Crippen LogP contribution in [0.3, 0.4) is 0 Å². The van der Waals surface area contributed by atoms with E-state index >= 15 is 0 Å². The average Bonchev–Trinajstić information content (AvgIpc) is 2.74. The van der Waals surface area contributed by atoms with Gasteiger partial charge in [-0.15, -0.1) is 0 Å². The fraction of sp³-hybridized carbons (Fsp3) is 0.615. The van der Waals surface area contributed by atoms with Gasteiger partial charge in [0.2, 0.25) is 0 Å². The summed E-state index contributed by atoms with van der Waals surface area (Å²) in [5, 5.41) is 0.886. The van der Waals surface area contributed by atoms with Crippen LogP contribution >= 0.6 is 11.8 Å². The summed E-state index contributed by atoms with van der Waals surface area (Å²) in [6.45, 7) is 7.12. The number of benzene rings is 1. The second-order valence-electron chi connectivity index (χ2n) is 10.2. The Morgan fingerprint density at radius 3 is 2.71 bits per heavy atom. The first-order chi connectivity index (χ1) is 14.9. The van der Waals surface area contributed by atoms with Crippen LogP contribution in [0.1, 0.15) is 82.9 Å². The van der Waals surface area contributed by atoms with Crippen molar-refractivity contribution in [1.82, 2.24) is 9.55 Å². The van der Waals surface area contributed by atoms with Crippen molar-refractivity contribution in [3.8, 4) is 11.3 Å². The molecule has 1 saturated carbocycles. The molecule has 1 aliphatic heterocycles. The van der Waals surface area contributed by atoms with Gasteiger partial charge in [0.15, 0.2) is 5.16 Å². The maximum absolute atomic E-state index is 14.4. The van der Waals surface area contributed by atoms with E-state index < -0.39 is 0 Å². The van der Waals surface area contributed by atoms with Crippen molar-refractivity contribution in [1.29, 1.82) is 0 Å². The third-order valence-electron chi connectivity index (χ3n) is 7.53. The van der Waals surface area contributed by atoms with E-state index in [9.17, 15) is 4.79 Å². The van der Waals surface area contributed by atoms with Crippen molar-refractivity contribution in [2.24, 2.45) is 0 Å². The van der Waals surface area contributed by atoms with Crippen molar-refractivity contribution in [2.45, 2.75) is 94.4 Å². The highest BCUT2D eigenvalue weighted by atomic mass is 32.2. The largest absolute Gasteiger partial charge is 0.375 e. The Bertz CT molecular complexity index is 1040. The first-order valence-electron chi connectivity index (χ1n) is 12.0. The van der Waals surface area contributed by atoms with E-state index in [4.69, 9.17) is 9.72 Å². The average molecular weight is 439 g/mol. The molecule has 1 atom stereocenters. The smallest absolute Gasteiger partial charge is 0.258 e. The zero-order valence-electron chi connectivity index (χ0n) is 19.1. The van der Waals surface area contributed by atoms with Crippen LogP contribution in [0.4, 0.5) is 0 Å². The third-order valence-corrected chi connectivity index (χ3v) is 8.37. The van der Waals surface area contributed by atoms with Gasteiger partial charge in [-0.2, -0.15) is 0 Å². The summed E-state index contributed by atoms with van der Waals surface area (Å²) in [6, 6.07) is 8.78. The van der Waals surface area contributed by atoms with Gasteiger partial charge in [0.25, 0.3) is 5.56 Å². The molecule has 2 fully saturated rings. The molecule has 0 unspecified atom stereocenters. The Morgan fingerprint density at radius 2 is 1.97 bits per heavy atom. The van der Waals surface area contributed by atoms with Crippen molar-refractivity contribution in [3.63, 3.8) is 0 Å². The van der Waals surface area contributed by atoms with Crippen LogP contribution < -0.4 is 5.56 Å². The van der Waals surface area contributed by atoms with Crippen LogP contribution in [0, 0.1) is 0 Å². The fourth-order valence-corrected chi connectivity index (χ4v) is 6.96. The van der Waals surface area contributed by atoms with Crippen molar-refractivity contribution < 1.29 is 4.74 Å². The minimum Gasteiger partial charge on any atom is -0.375 e. The second-order valence-corrected chi connectivity index (χ2v) is 11.4. The molecular weight excluding hydrogens is 404 g/mol. The predicted octanol–water partition coefficient (Wildman–Crippen LogP) is 5.91. The number of thioether (sulfide) groups is 1. The van der Waals surface area contributed by atoms with Crippen molar-refractivity contribution in [3.05, 3.63) is 45.7 Å². The minimum absolute atomic E-state index is 0.0517. The van der Waals surface area contributed by atoms with Crippen LogP contribution in [0.15, 0.2) is 34.2 Å². The normalized spacial score (nSPS) is 23.9.